The minimum absolute atomic E-state index is 0.434. The highest BCUT2D eigenvalue weighted by Crippen LogP contribution is 2.26. The average molecular weight is 293 g/mol. The number of nitriles is 1. The van der Waals surface area contributed by atoms with Crippen molar-refractivity contribution in [1.82, 2.24) is 4.90 Å². The first-order valence-electron chi connectivity index (χ1n) is 6.66. The fourth-order valence-electron chi connectivity index (χ4n) is 2.60. The monoisotopic (exact) mass is 292 g/mol. The van der Waals surface area contributed by atoms with Crippen LogP contribution in [0.5, 0.6) is 0 Å². The topological polar surface area (TPSA) is 64.3 Å². The number of halogens is 1. The summed E-state index contributed by atoms with van der Waals surface area (Å²) in [6.07, 6.45) is 1.67. The van der Waals surface area contributed by atoms with E-state index in [2.05, 4.69) is 6.92 Å². The van der Waals surface area contributed by atoms with Gasteiger partial charge in [-0.15, -0.1) is 0 Å². The number of hydrogen-bond donors (Lipinski definition) is 1. The number of carboxylic acids is 1. The minimum Gasteiger partial charge on any atom is -0.480 e. The van der Waals surface area contributed by atoms with Gasteiger partial charge in [-0.3, -0.25) is 9.69 Å². The number of piperidine rings is 1. The van der Waals surface area contributed by atoms with Crippen LogP contribution in [0.2, 0.25) is 5.02 Å². The third kappa shape index (κ3) is 3.30. The van der Waals surface area contributed by atoms with Gasteiger partial charge in [-0.2, -0.15) is 5.26 Å². The molecule has 0 amide bonds. The van der Waals surface area contributed by atoms with Gasteiger partial charge in [-0.25, -0.2) is 0 Å². The molecule has 2 unspecified atom stereocenters. The third-order valence-corrected chi connectivity index (χ3v) is 4.17. The van der Waals surface area contributed by atoms with Gasteiger partial charge in [0.1, 0.15) is 6.04 Å². The molecule has 1 aliphatic rings. The second-order valence-corrected chi connectivity index (χ2v) is 5.78. The zero-order valence-corrected chi connectivity index (χ0v) is 12.1. The van der Waals surface area contributed by atoms with Gasteiger partial charge >= 0.3 is 5.97 Å². The summed E-state index contributed by atoms with van der Waals surface area (Å²) in [6, 6.07) is 6.73. The third-order valence-electron chi connectivity index (χ3n) is 3.82. The van der Waals surface area contributed by atoms with Crippen LogP contribution < -0.4 is 0 Å². The maximum Gasteiger partial charge on any atom is 0.320 e. The fraction of sp³-hybridized carbons (Fsp3) is 0.467. The molecule has 0 saturated carbocycles. The molecule has 5 heteroatoms. The van der Waals surface area contributed by atoms with Crippen LogP contribution in [0.4, 0.5) is 0 Å². The van der Waals surface area contributed by atoms with Crippen LogP contribution in [0.25, 0.3) is 0 Å². The number of aliphatic carboxylic acids is 1. The van der Waals surface area contributed by atoms with Gasteiger partial charge in [-0.1, -0.05) is 24.6 Å². The van der Waals surface area contributed by atoms with Crippen LogP contribution in [0.1, 0.15) is 30.9 Å². The SMILES string of the molecule is CC1CCN(Cc2ccc(C#N)cc2Cl)C(C(=O)O)C1. The highest BCUT2D eigenvalue weighted by atomic mass is 35.5. The highest BCUT2D eigenvalue weighted by Gasteiger charge is 2.31. The fourth-order valence-corrected chi connectivity index (χ4v) is 2.84. The molecule has 0 spiro atoms. The number of rotatable bonds is 3. The first kappa shape index (κ1) is 14.8. The maximum atomic E-state index is 11.4. The summed E-state index contributed by atoms with van der Waals surface area (Å²) in [5.74, 6) is -0.342. The van der Waals surface area contributed by atoms with Gasteiger partial charge in [-0.05, 0) is 43.0 Å². The van der Waals surface area contributed by atoms with Crippen LogP contribution in [-0.4, -0.2) is 28.6 Å². The Bertz CT molecular complexity index is 553. The first-order valence-corrected chi connectivity index (χ1v) is 7.04. The zero-order chi connectivity index (χ0) is 14.7. The lowest BCUT2D eigenvalue weighted by Gasteiger charge is -2.36. The van der Waals surface area contributed by atoms with Crippen LogP contribution in [0.3, 0.4) is 0 Å². The second kappa shape index (κ2) is 6.25. The summed E-state index contributed by atoms with van der Waals surface area (Å²) in [4.78, 5) is 13.3. The Hall–Kier alpha value is -1.57. The molecule has 106 valence electrons. The molecule has 2 atom stereocenters. The molecular formula is C15H17ClN2O2. The summed E-state index contributed by atoms with van der Waals surface area (Å²) in [5.41, 5.74) is 1.38. The van der Waals surface area contributed by atoms with E-state index in [0.29, 0.717) is 29.5 Å². The van der Waals surface area contributed by atoms with E-state index in [9.17, 15) is 9.90 Å². The summed E-state index contributed by atoms with van der Waals surface area (Å²) in [5, 5.41) is 18.7. The van der Waals surface area contributed by atoms with E-state index in [1.165, 1.54) is 0 Å². The zero-order valence-electron chi connectivity index (χ0n) is 11.3. The van der Waals surface area contributed by atoms with Crippen molar-refractivity contribution >= 4 is 17.6 Å². The molecule has 0 aromatic heterocycles. The van der Waals surface area contributed by atoms with Crippen LogP contribution in [0, 0.1) is 17.2 Å². The molecule has 1 fully saturated rings. The van der Waals surface area contributed by atoms with Gasteiger partial charge in [0, 0.05) is 11.6 Å². The lowest BCUT2D eigenvalue weighted by atomic mass is 9.92. The number of nitrogens with zero attached hydrogens (tertiary/aromatic N) is 2. The normalized spacial score (nSPS) is 23.2. The van der Waals surface area contributed by atoms with Crippen molar-refractivity contribution in [3.05, 3.63) is 34.3 Å². The first-order chi connectivity index (χ1) is 9.51. The van der Waals surface area contributed by atoms with E-state index in [1.807, 2.05) is 11.0 Å². The van der Waals surface area contributed by atoms with E-state index in [-0.39, 0.29) is 0 Å². The van der Waals surface area contributed by atoms with Crippen molar-refractivity contribution in [1.29, 1.82) is 5.26 Å². The molecular weight excluding hydrogens is 276 g/mol. The quantitative estimate of drug-likeness (QED) is 0.930. The summed E-state index contributed by atoms with van der Waals surface area (Å²) in [6.45, 7) is 3.35. The van der Waals surface area contributed by atoms with Crippen LogP contribution >= 0.6 is 11.6 Å². The van der Waals surface area contributed by atoms with Crippen molar-refractivity contribution < 1.29 is 9.90 Å². The molecule has 0 bridgehead atoms. The molecule has 1 aromatic rings. The van der Waals surface area contributed by atoms with Gasteiger partial charge in [0.15, 0.2) is 0 Å². The molecule has 4 nitrogen and oxygen atoms in total. The molecule has 2 rings (SSSR count). The smallest absolute Gasteiger partial charge is 0.320 e. The number of benzene rings is 1. The summed E-state index contributed by atoms with van der Waals surface area (Å²) >= 11 is 6.16. The second-order valence-electron chi connectivity index (χ2n) is 5.37. The summed E-state index contributed by atoms with van der Waals surface area (Å²) in [7, 11) is 0. The van der Waals surface area contributed by atoms with E-state index in [1.54, 1.807) is 18.2 Å². The molecule has 20 heavy (non-hydrogen) atoms. The lowest BCUT2D eigenvalue weighted by molar-refractivity contribution is -0.145. The summed E-state index contributed by atoms with van der Waals surface area (Å²) < 4.78 is 0. The predicted molar refractivity (Wildman–Crippen MR) is 76.4 cm³/mol. The van der Waals surface area contributed by atoms with Crippen molar-refractivity contribution in [2.24, 2.45) is 5.92 Å². The van der Waals surface area contributed by atoms with Crippen LogP contribution in [0.15, 0.2) is 18.2 Å². The molecule has 1 aliphatic heterocycles. The Kier molecular flexibility index (Phi) is 4.64. The van der Waals surface area contributed by atoms with Gasteiger partial charge in [0.25, 0.3) is 0 Å². The molecule has 1 aromatic carbocycles. The minimum atomic E-state index is -0.777. The predicted octanol–water partition coefficient (Wildman–Crippen LogP) is 2.90. The molecule has 1 heterocycles. The number of carboxylic acid groups (broad SMARTS) is 1. The molecule has 0 radical (unpaired) electrons. The van der Waals surface area contributed by atoms with E-state index >= 15 is 0 Å². The van der Waals surface area contributed by atoms with Gasteiger partial charge in [0.05, 0.1) is 11.6 Å². The Morgan fingerprint density at radius 2 is 2.35 bits per heavy atom. The Labute approximate surface area is 123 Å². The van der Waals surface area contributed by atoms with E-state index in [0.717, 1.165) is 18.5 Å². The maximum absolute atomic E-state index is 11.4. The Balaban J connectivity index is 2.16. The van der Waals surface area contributed by atoms with E-state index < -0.39 is 12.0 Å². The Morgan fingerprint density at radius 1 is 1.60 bits per heavy atom. The molecule has 1 N–H and O–H groups in total. The van der Waals surface area contributed by atoms with Crippen molar-refractivity contribution in [2.45, 2.75) is 32.4 Å². The van der Waals surface area contributed by atoms with Gasteiger partial charge < -0.3 is 5.11 Å². The van der Waals surface area contributed by atoms with Crippen molar-refractivity contribution in [3.8, 4) is 6.07 Å². The lowest BCUT2D eigenvalue weighted by Crippen LogP contribution is -2.46. The van der Waals surface area contributed by atoms with Crippen molar-refractivity contribution in [2.75, 3.05) is 6.54 Å². The Morgan fingerprint density at radius 3 is 2.95 bits per heavy atom. The molecule has 0 aliphatic carbocycles. The van der Waals surface area contributed by atoms with E-state index in [4.69, 9.17) is 16.9 Å². The largest absolute Gasteiger partial charge is 0.480 e. The number of carbonyl (C=O) groups is 1. The van der Waals surface area contributed by atoms with Crippen LogP contribution in [-0.2, 0) is 11.3 Å². The average Bonchev–Trinajstić information content (AvgIpc) is 2.42. The standard InChI is InChI=1S/C15H17ClN2O2/c1-10-4-5-18(14(6-10)15(19)20)9-12-3-2-11(8-17)7-13(12)16/h2-3,7,10,14H,4-6,9H2,1H3,(H,19,20). The van der Waals surface area contributed by atoms with Crippen molar-refractivity contribution in [3.63, 3.8) is 0 Å². The molecule has 1 saturated heterocycles. The van der Waals surface area contributed by atoms with Gasteiger partial charge in [0.2, 0.25) is 0 Å². The number of hydrogen-bond acceptors (Lipinski definition) is 3. The highest BCUT2D eigenvalue weighted by molar-refractivity contribution is 6.31. The number of likely N-dealkylation sites (tertiary alicyclic amines) is 1.